The molecule has 2 saturated heterocycles. The number of nitrogens with zero attached hydrogens (tertiary/aromatic N) is 1. The number of carbonyl (C=O) groups excluding carboxylic acids is 1. The fraction of sp³-hybridized carbons (Fsp3) is 0.909. The predicted octanol–water partition coefficient (Wildman–Crippen LogP) is 1.13. The maximum atomic E-state index is 12.0. The zero-order valence-electron chi connectivity index (χ0n) is 10.2. The summed E-state index contributed by atoms with van der Waals surface area (Å²) in [6, 6.07) is -0.297. The Labute approximate surface area is 109 Å². The van der Waals surface area contributed by atoms with E-state index in [2.05, 4.69) is 15.9 Å². The van der Waals surface area contributed by atoms with Gasteiger partial charge in [-0.2, -0.15) is 0 Å². The quantitative estimate of drug-likeness (QED) is 0.682. The number of alkyl halides is 1. The van der Waals surface area contributed by atoms with E-state index in [4.69, 9.17) is 9.47 Å². The van der Waals surface area contributed by atoms with Gasteiger partial charge in [-0.3, -0.25) is 4.90 Å². The highest BCUT2D eigenvalue weighted by molar-refractivity contribution is 9.09. The Morgan fingerprint density at radius 2 is 2.18 bits per heavy atom. The normalized spacial score (nSPS) is 37.1. The van der Waals surface area contributed by atoms with Crippen LogP contribution < -0.4 is 0 Å². The van der Waals surface area contributed by atoms with Crippen LogP contribution in [0, 0.1) is 0 Å². The second-order valence-corrected chi connectivity index (χ2v) is 6.68. The van der Waals surface area contributed by atoms with Gasteiger partial charge < -0.3 is 14.6 Å². The zero-order valence-corrected chi connectivity index (χ0v) is 11.8. The molecule has 4 atom stereocenters. The fourth-order valence-electron chi connectivity index (χ4n) is 2.26. The van der Waals surface area contributed by atoms with Crippen LogP contribution in [0.1, 0.15) is 20.8 Å². The lowest BCUT2D eigenvalue weighted by molar-refractivity contribution is 0.0105. The van der Waals surface area contributed by atoms with Crippen molar-refractivity contribution in [3.05, 3.63) is 0 Å². The first-order valence-electron chi connectivity index (χ1n) is 5.73. The lowest BCUT2D eigenvalue weighted by Gasteiger charge is -2.28. The highest BCUT2D eigenvalue weighted by Gasteiger charge is 2.52. The molecule has 2 heterocycles. The summed E-state index contributed by atoms with van der Waals surface area (Å²) in [5.74, 6) is 0. The Bertz CT molecular complexity index is 317. The van der Waals surface area contributed by atoms with Crippen molar-refractivity contribution >= 4 is 22.0 Å². The number of rotatable bonds is 0. The van der Waals surface area contributed by atoms with E-state index < -0.39 is 11.7 Å². The van der Waals surface area contributed by atoms with E-state index >= 15 is 0 Å². The van der Waals surface area contributed by atoms with Crippen LogP contribution in [0.5, 0.6) is 0 Å². The van der Waals surface area contributed by atoms with Gasteiger partial charge in [0.2, 0.25) is 0 Å². The van der Waals surface area contributed by atoms with Crippen molar-refractivity contribution in [3.8, 4) is 0 Å². The minimum absolute atomic E-state index is 0.0529. The lowest BCUT2D eigenvalue weighted by atomic mass is 10.1. The molecular weight excluding hydrogens is 290 g/mol. The highest BCUT2D eigenvalue weighted by atomic mass is 79.9. The molecular formula is C11H18BrNO4. The average Bonchev–Trinajstić information content (AvgIpc) is 2.67. The number of aliphatic hydroxyl groups is 1. The molecule has 0 aromatic heterocycles. The molecule has 0 aromatic rings. The third-order valence-corrected chi connectivity index (χ3v) is 3.72. The Kier molecular flexibility index (Phi) is 3.40. The minimum Gasteiger partial charge on any atom is -0.444 e. The molecule has 17 heavy (non-hydrogen) atoms. The Morgan fingerprint density at radius 3 is 2.76 bits per heavy atom. The minimum atomic E-state index is -0.630. The third kappa shape index (κ3) is 2.58. The van der Waals surface area contributed by atoms with Crippen LogP contribution in [0.15, 0.2) is 0 Å². The highest BCUT2D eigenvalue weighted by Crippen LogP contribution is 2.34. The van der Waals surface area contributed by atoms with Crippen LogP contribution in [-0.4, -0.2) is 57.9 Å². The number of halogens is 1. The summed E-state index contributed by atoms with van der Waals surface area (Å²) in [5, 5.41) is 9.84. The van der Waals surface area contributed by atoms with Crippen LogP contribution >= 0.6 is 15.9 Å². The molecule has 0 radical (unpaired) electrons. The van der Waals surface area contributed by atoms with Gasteiger partial charge in [0.05, 0.1) is 23.6 Å². The van der Waals surface area contributed by atoms with E-state index in [0.717, 1.165) is 0 Å². The number of hydrogen-bond acceptors (Lipinski definition) is 4. The molecule has 0 spiro atoms. The van der Waals surface area contributed by atoms with Gasteiger partial charge in [0.15, 0.2) is 0 Å². The molecule has 4 unspecified atom stereocenters. The molecule has 6 heteroatoms. The number of fused-ring (bicyclic) bond motifs is 1. The molecule has 5 nitrogen and oxygen atoms in total. The van der Waals surface area contributed by atoms with Gasteiger partial charge in [0.25, 0.3) is 0 Å². The maximum Gasteiger partial charge on any atom is 0.410 e. The molecule has 2 aliphatic rings. The summed E-state index contributed by atoms with van der Waals surface area (Å²) >= 11 is 3.48. The van der Waals surface area contributed by atoms with Gasteiger partial charge in [-0.25, -0.2) is 4.79 Å². The van der Waals surface area contributed by atoms with E-state index in [0.29, 0.717) is 6.54 Å². The molecule has 0 aliphatic carbocycles. The second kappa shape index (κ2) is 4.40. The van der Waals surface area contributed by atoms with E-state index in [1.165, 1.54) is 0 Å². The summed E-state index contributed by atoms with van der Waals surface area (Å²) in [5.41, 5.74) is -0.526. The molecule has 0 aromatic carbocycles. The summed E-state index contributed by atoms with van der Waals surface area (Å²) in [6.45, 7) is 6.25. The van der Waals surface area contributed by atoms with Gasteiger partial charge in [0.1, 0.15) is 11.7 Å². The molecule has 2 aliphatic heterocycles. The van der Waals surface area contributed by atoms with Gasteiger partial charge >= 0.3 is 6.09 Å². The molecule has 2 fully saturated rings. The van der Waals surface area contributed by atoms with Crippen molar-refractivity contribution < 1.29 is 19.4 Å². The third-order valence-electron chi connectivity index (χ3n) is 2.91. The summed E-state index contributed by atoms with van der Waals surface area (Å²) in [7, 11) is 0. The maximum absolute atomic E-state index is 12.0. The standard InChI is InChI=1S/C11H18BrNO4/c1-11(2,3)17-10(15)13-4-6(12)9-8(13)7(14)5-16-9/h6-9,14H,4-5H2,1-3H3. The SMILES string of the molecule is CC(C)(C)OC(=O)N1CC(Br)C2OCC(O)C21. The van der Waals surface area contributed by atoms with Crippen LogP contribution in [0.4, 0.5) is 4.79 Å². The second-order valence-electron chi connectivity index (χ2n) is 5.50. The molecule has 98 valence electrons. The predicted molar refractivity (Wildman–Crippen MR) is 65.2 cm³/mol. The van der Waals surface area contributed by atoms with Crippen LogP contribution in [0.3, 0.4) is 0 Å². The van der Waals surface area contributed by atoms with E-state index in [9.17, 15) is 9.90 Å². The van der Waals surface area contributed by atoms with E-state index in [1.54, 1.807) is 4.90 Å². The van der Waals surface area contributed by atoms with Crippen molar-refractivity contribution in [3.63, 3.8) is 0 Å². The molecule has 0 saturated carbocycles. The Hall–Kier alpha value is -0.330. The average molecular weight is 308 g/mol. The number of likely N-dealkylation sites (tertiary alicyclic amines) is 1. The first-order valence-corrected chi connectivity index (χ1v) is 6.64. The largest absolute Gasteiger partial charge is 0.444 e. The summed E-state index contributed by atoms with van der Waals surface area (Å²) in [6.07, 6.45) is -1.16. The van der Waals surface area contributed by atoms with Gasteiger partial charge in [-0.05, 0) is 20.8 Å². The van der Waals surface area contributed by atoms with Crippen molar-refractivity contribution in [1.29, 1.82) is 0 Å². The molecule has 0 bridgehead atoms. The summed E-state index contributed by atoms with van der Waals surface area (Å²) < 4.78 is 10.8. The fourth-order valence-corrected chi connectivity index (χ4v) is 3.04. The zero-order chi connectivity index (χ0) is 12.8. The summed E-state index contributed by atoms with van der Waals surface area (Å²) in [4.78, 5) is 13.6. The van der Waals surface area contributed by atoms with Crippen LogP contribution in [0.25, 0.3) is 0 Å². The van der Waals surface area contributed by atoms with Gasteiger partial charge in [-0.1, -0.05) is 15.9 Å². The van der Waals surface area contributed by atoms with Crippen molar-refractivity contribution in [2.45, 2.75) is 49.4 Å². The topological polar surface area (TPSA) is 59.0 Å². The van der Waals surface area contributed by atoms with Crippen molar-refractivity contribution in [1.82, 2.24) is 4.90 Å². The smallest absolute Gasteiger partial charge is 0.410 e. The monoisotopic (exact) mass is 307 g/mol. The first-order chi connectivity index (χ1) is 7.79. The van der Waals surface area contributed by atoms with Gasteiger partial charge in [-0.15, -0.1) is 0 Å². The number of ether oxygens (including phenoxy) is 2. The Balaban J connectivity index is 2.08. The number of aliphatic hydroxyl groups excluding tert-OH is 1. The number of hydrogen-bond donors (Lipinski definition) is 1. The molecule has 1 amide bonds. The van der Waals surface area contributed by atoms with Gasteiger partial charge in [0, 0.05) is 6.54 Å². The van der Waals surface area contributed by atoms with E-state index in [-0.39, 0.29) is 29.7 Å². The van der Waals surface area contributed by atoms with Crippen molar-refractivity contribution in [2.24, 2.45) is 0 Å². The van der Waals surface area contributed by atoms with Crippen LogP contribution in [0.2, 0.25) is 0 Å². The first kappa shape index (κ1) is 13.1. The molecule has 2 rings (SSSR count). The van der Waals surface area contributed by atoms with E-state index in [1.807, 2.05) is 20.8 Å². The number of amides is 1. The van der Waals surface area contributed by atoms with Crippen LogP contribution in [-0.2, 0) is 9.47 Å². The Morgan fingerprint density at radius 1 is 1.53 bits per heavy atom. The van der Waals surface area contributed by atoms with Crippen molar-refractivity contribution in [2.75, 3.05) is 13.2 Å². The number of carbonyl (C=O) groups is 1. The lowest BCUT2D eigenvalue weighted by Crippen LogP contribution is -2.46. The molecule has 1 N–H and O–H groups in total.